The molecular weight excluding hydrogens is 276 g/mol. The molecule has 0 aromatic heterocycles. The SMILES string of the molecule is CC(=O)N[C@H](C(=O)N(C)Cc1cccc(Cl)c1)C(C)C. The molecule has 0 spiro atoms. The molecule has 1 N–H and O–H groups in total. The molecule has 2 amide bonds. The summed E-state index contributed by atoms with van der Waals surface area (Å²) in [6, 6.07) is 6.88. The lowest BCUT2D eigenvalue weighted by molar-refractivity contribution is -0.136. The van der Waals surface area contributed by atoms with E-state index in [2.05, 4.69) is 5.32 Å². The van der Waals surface area contributed by atoms with Gasteiger partial charge in [0, 0.05) is 25.5 Å². The van der Waals surface area contributed by atoms with E-state index in [0.29, 0.717) is 11.6 Å². The van der Waals surface area contributed by atoms with Crippen molar-refractivity contribution >= 4 is 23.4 Å². The van der Waals surface area contributed by atoms with E-state index in [-0.39, 0.29) is 17.7 Å². The van der Waals surface area contributed by atoms with Gasteiger partial charge in [-0.25, -0.2) is 0 Å². The van der Waals surface area contributed by atoms with E-state index in [9.17, 15) is 9.59 Å². The van der Waals surface area contributed by atoms with Crippen molar-refractivity contribution in [2.75, 3.05) is 7.05 Å². The molecule has 0 bridgehead atoms. The Hall–Kier alpha value is -1.55. The molecule has 0 saturated heterocycles. The molecule has 0 heterocycles. The van der Waals surface area contributed by atoms with E-state index in [0.717, 1.165) is 5.56 Å². The summed E-state index contributed by atoms with van der Waals surface area (Å²) in [4.78, 5) is 25.2. The summed E-state index contributed by atoms with van der Waals surface area (Å²) in [5.41, 5.74) is 0.957. The highest BCUT2D eigenvalue weighted by atomic mass is 35.5. The van der Waals surface area contributed by atoms with Gasteiger partial charge in [0.25, 0.3) is 0 Å². The molecule has 0 aliphatic carbocycles. The minimum absolute atomic E-state index is 0.0354. The zero-order valence-electron chi connectivity index (χ0n) is 12.3. The van der Waals surface area contributed by atoms with Crippen molar-refractivity contribution in [2.24, 2.45) is 5.92 Å². The highest BCUT2D eigenvalue weighted by Crippen LogP contribution is 2.13. The minimum Gasteiger partial charge on any atom is -0.344 e. The van der Waals surface area contributed by atoms with Crippen LogP contribution in [-0.4, -0.2) is 29.8 Å². The minimum atomic E-state index is -0.503. The summed E-state index contributed by atoms with van der Waals surface area (Å²) in [6.07, 6.45) is 0. The van der Waals surface area contributed by atoms with Crippen molar-refractivity contribution < 1.29 is 9.59 Å². The Balaban J connectivity index is 2.76. The maximum absolute atomic E-state index is 12.4. The van der Waals surface area contributed by atoms with Crippen LogP contribution in [0.5, 0.6) is 0 Å². The molecule has 1 atom stereocenters. The Morgan fingerprint density at radius 3 is 2.50 bits per heavy atom. The van der Waals surface area contributed by atoms with Gasteiger partial charge in [-0.05, 0) is 23.6 Å². The molecule has 110 valence electrons. The molecule has 0 radical (unpaired) electrons. The van der Waals surface area contributed by atoms with Crippen LogP contribution >= 0.6 is 11.6 Å². The Morgan fingerprint density at radius 1 is 1.35 bits per heavy atom. The van der Waals surface area contributed by atoms with Gasteiger partial charge in [-0.3, -0.25) is 9.59 Å². The van der Waals surface area contributed by atoms with Crippen LogP contribution in [0.2, 0.25) is 5.02 Å². The van der Waals surface area contributed by atoms with E-state index in [1.165, 1.54) is 6.92 Å². The Labute approximate surface area is 125 Å². The van der Waals surface area contributed by atoms with Gasteiger partial charge in [0.2, 0.25) is 11.8 Å². The lowest BCUT2D eigenvalue weighted by Crippen LogP contribution is -2.49. The predicted molar refractivity (Wildman–Crippen MR) is 80.4 cm³/mol. The number of halogens is 1. The quantitative estimate of drug-likeness (QED) is 0.907. The molecule has 0 aliphatic rings. The fourth-order valence-corrected chi connectivity index (χ4v) is 2.17. The Kier molecular flexibility index (Phi) is 6.02. The van der Waals surface area contributed by atoms with E-state index >= 15 is 0 Å². The number of rotatable bonds is 5. The highest BCUT2D eigenvalue weighted by Gasteiger charge is 2.25. The van der Waals surface area contributed by atoms with Crippen molar-refractivity contribution in [1.29, 1.82) is 0 Å². The zero-order valence-corrected chi connectivity index (χ0v) is 13.1. The second-order valence-electron chi connectivity index (χ2n) is 5.25. The second kappa shape index (κ2) is 7.29. The first-order valence-electron chi connectivity index (χ1n) is 6.57. The molecule has 1 aromatic rings. The number of likely N-dealkylation sites (N-methyl/N-ethyl adjacent to an activating group) is 1. The number of nitrogens with one attached hydrogen (secondary N) is 1. The van der Waals surface area contributed by atoms with Crippen molar-refractivity contribution in [3.63, 3.8) is 0 Å². The summed E-state index contributed by atoms with van der Waals surface area (Å²) in [5, 5.41) is 3.35. The van der Waals surface area contributed by atoms with Crippen LogP contribution in [-0.2, 0) is 16.1 Å². The maximum atomic E-state index is 12.4. The molecule has 0 fully saturated rings. The topological polar surface area (TPSA) is 49.4 Å². The van der Waals surface area contributed by atoms with Crippen molar-refractivity contribution in [3.8, 4) is 0 Å². The monoisotopic (exact) mass is 296 g/mol. The number of benzene rings is 1. The van der Waals surface area contributed by atoms with Gasteiger partial charge in [0.1, 0.15) is 6.04 Å². The van der Waals surface area contributed by atoms with Crippen LogP contribution in [0.25, 0.3) is 0 Å². The fraction of sp³-hybridized carbons (Fsp3) is 0.467. The lowest BCUT2D eigenvalue weighted by Gasteiger charge is -2.26. The molecule has 1 rings (SSSR count). The Bertz CT molecular complexity index is 489. The lowest BCUT2D eigenvalue weighted by atomic mass is 10.0. The molecule has 20 heavy (non-hydrogen) atoms. The summed E-state index contributed by atoms with van der Waals surface area (Å²) in [5.74, 6) is -0.267. The average molecular weight is 297 g/mol. The molecule has 5 heteroatoms. The second-order valence-corrected chi connectivity index (χ2v) is 5.68. The van der Waals surface area contributed by atoms with E-state index in [4.69, 9.17) is 11.6 Å². The van der Waals surface area contributed by atoms with Crippen molar-refractivity contribution in [3.05, 3.63) is 34.9 Å². The van der Waals surface area contributed by atoms with Crippen LogP contribution in [0.1, 0.15) is 26.3 Å². The summed E-state index contributed by atoms with van der Waals surface area (Å²) < 4.78 is 0. The third-order valence-corrected chi connectivity index (χ3v) is 3.21. The van der Waals surface area contributed by atoms with Gasteiger partial charge < -0.3 is 10.2 Å². The number of hydrogen-bond acceptors (Lipinski definition) is 2. The molecule has 0 aliphatic heterocycles. The third-order valence-electron chi connectivity index (χ3n) is 2.98. The van der Waals surface area contributed by atoms with Gasteiger partial charge in [-0.1, -0.05) is 37.6 Å². The number of carbonyl (C=O) groups excluding carboxylic acids is 2. The standard InChI is InChI=1S/C15H21ClN2O2/c1-10(2)14(17-11(3)19)15(20)18(4)9-12-6-5-7-13(16)8-12/h5-8,10,14H,9H2,1-4H3,(H,17,19)/t14-/m0/s1. The van der Waals surface area contributed by atoms with E-state index < -0.39 is 6.04 Å². The van der Waals surface area contributed by atoms with Crippen LogP contribution in [0, 0.1) is 5.92 Å². The maximum Gasteiger partial charge on any atom is 0.245 e. The number of carbonyl (C=O) groups is 2. The largest absolute Gasteiger partial charge is 0.344 e. The van der Waals surface area contributed by atoms with Gasteiger partial charge in [0.05, 0.1) is 0 Å². The number of hydrogen-bond donors (Lipinski definition) is 1. The molecule has 0 unspecified atom stereocenters. The van der Waals surface area contributed by atoms with Gasteiger partial charge >= 0.3 is 0 Å². The van der Waals surface area contributed by atoms with Gasteiger partial charge in [0.15, 0.2) is 0 Å². The van der Waals surface area contributed by atoms with Crippen LogP contribution in [0.15, 0.2) is 24.3 Å². The predicted octanol–water partition coefficient (Wildman–Crippen LogP) is 2.46. The number of nitrogens with zero attached hydrogens (tertiary/aromatic N) is 1. The highest BCUT2D eigenvalue weighted by molar-refractivity contribution is 6.30. The fourth-order valence-electron chi connectivity index (χ4n) is 1.96. The smallest absolute Gasteiger partial charge is 0.245 e. The summed E-state index contributed by atoms with van der Waals surface area (Å²) >= 11 is 5.93. The van der Waals surface area contributed by atoms with Crippen LogP contribution in [0.3, 0.4) is 0 Å². The molecular formula is C15H21ClN2O2. The molecule has 1 aromatic carbocycles. The first-order chi connectivity index (χ1) is 9.31. The average Bonchev–Trinajstić information content (AvgIpc) is 2.34. The van der Waals surface area contributed by atoms with Crippen molar-refractivity contribution in [2.45, 2.75) is 33.4 Å². The van der Waals surface area contributed by atoms with Crippen LogP contribution < -0.4 is 5.32 Å². The Morgan fingerprint density at radius 2 is 2.00 bits per heavy atom. The normalized spacial score (nSPS) is 12.1. The van der Waals surface area contributed by atoms with Gasteiger partial charge in [-0.15, -0.1) is 0 Å². The molecule has 0 saturated carbocycles. The number of amides is 2. The summed E-state index contributed by atoms with van der Waals surface area (Å²) in [7, 11) is 1.72. The van der Waals surface area contributed by atoms with Gasteiger partial charge in [-0.2, -0.15) is 0 Å². The van der Waals surface area contributed by atoms with E-state index in [1.807, 2.05) is 32.0 Å². The van der Waals surface area contributed by atoms with Crippen LogP contribution in [0.4, 0.5) is 0 Å². The van der Waals surface area contributed by atoms with E-state index in [1.54, 1.807) is 18.0 Å². The summed E-state index contributed by atoms with van der Waals surface area (Å²) in [6.45, 7) is 5.69. The first kappa shape index (κ1) is 16.5. The third kappa shape index (κ3) is 4.85. The first-order valence-corrected chi connectivity index (χ1v) is 6.95. The zero-order chi connectivity index (χ0) is 15.3. The molecule has 4 nitrogen and oxygen atoms in total. The van der Waals surface area contributed by atoms with Crippen molar-refractivity contribution in [1.82, 2.24) is 10.2 Å².